The summed E-state index contributed by atoms with van der Waals surface area (Å²) in [5, 5.41) is 15.0. The molecule has 5 heteroatoms. The fourth-order valence-electron chi connectivity index (χ4n) is 2.91. The predicted molar refractivity (Wildman–Crippen MR) is 81.6 cm³/mol. The number of aromatic nitrogens is 2. The van der Waals surface area contributed by atoms with Crippen molar-refractivity contribution in [2.45, 2.75) is 38.9 Å². The van der Waals surface area contributed by atoms with Crippen LogP contribution in [0.3, 0.4) is 0 Å². The lowest BCUT2D eigenvalue weighted by Crippen LogP contribution is -2.11. The van der Waals surface area contributed by atoms with Gasteiger partial charge in [-0.1, -0.05) is 23.7 Å². The third kappa shape index (κ3) is 2.65. The highest BCUT2D eigenvalue weighted by Gasteiger charge is 2.21. The zero-order chi connectivity index (χ0) is 15.0. The molecule has 1 aromatic heterocycles. The smallest absolute Gasteiger partial charge is 0.133 e. The number of rotatable bonds is 3. The molecule has 0 fully saturated rings. The summed E-state index contributed by atoms with van der Waals surface area (Å²) < 4.78 is 7.62. The molecule has 0 saturated carbocycles. The van der Waals surface area contributed by atoms with E-state index in [1.807, 2.05) is 32.2 Å². The van der Waals surface area contributed by atoms with E-state index >= 15 is 0 Å². The lowest BCUT2D eigenvalue weighted by Gasteiger charge is -2.23. The maximum atomic E-state index is 10.1. The molecule has 112 valence electrons. The largest absolute Gasteiger partial charge is 0.488 e. The molecule has 1 unspecified atom stereocenters. The van der Waals surface area contributed by atoms with Gasteiger partial charge in [-0.25, -0.2) is 0 Å². The van der Waals surface area contributed by atoms with Crippen molar-refractivity contribution >= 4 is 11.6 Å². The molecule has 0 radical (unpaired) electrons. The molecule has 0 saturated heterocycles. The van der Waals surface area contributed by atoms with Crippen LogP contribution in [0.5, 0.6) is 5.75 Å². The molecule has 1 aliphatic carbocycles. The lowest BCUT2D eigenvalue weighted by molar-refractivity contribution is 0.155. The van der Waals surface area contributed by atoms with E-state index in [2.05, 4.69) is 5.10 Å². The first-order valence-corrected chi connectivity index (χ1v) is 7.56. The minimum atomic E-state index is -0.374. The third-order valence-electron chi connectivity index (χ3n) is 4.07. The molecule has 21 heavy (non-hydrogen) atoms. The Hall–Kier alpha value is -1.52. The van der Waals surface area contributed by atoms with E-state index in [9.17, 15) is 5.11 Å². The van der Waals surface area contributed by atoms with Gasteiger partial charge in [0.05, 0.1) is 11.8 Å². The number of hydrogen-bond donors (Lipinski definition) is 1. The average Bonchev–Trinajstić information content (AvgIpc) is 2.71. The molecule has 1 aromatic carbocycles. The zero-order valence-corrected chi connectivity index (χ0v) is 13.0. The Kier molecular flexibility index (Phi) is 3.91. The van der Waals surface area contributed by atoms with Gasteiger partial charge in [0.1, 0.15) is 17.5 Å². The van der Waals surface area contributed by atoms with Gasteiger partial charge < -0.3 is 9.84 Å². The van der Waals surface area contributed by atoms with Crippen molar-refractivity contribution in [3.8, 4) is 5.75 Å². The first kappa shape index (κ1) is 14.4. The summed E-state index contributed by atoms with van der Waals surface area (Å²) in [6, 6.07) is 5.87. The molecule has 0 aliphatic heterocycles. The second-order valence-electron chi connectivity index (χ2n) is 5.50. The van der Waals surface area contributed by atoms with Crippen LogP contribution in [0.15, 0.2) is 18.2 Å². The van der Waals surface area contributed by atoms with Gasteiger partial charge in [-0.3, -0.25) is 4.68 Å². The number of hydrogen-bond acceptors (Lipinski definition) is 3. The van der Waals surface area contributed by atoms with E-state index < -0.39 is 0 Å². The van der Waals surface area contributed by atoms with Crippen molar-refractivity contribution in [2.24, 2.45) is 7.05 Å². The first-order valence-electron chi connectivity index (χ1n) is 7.18. The van der Waals surface area contributed by atoms with Crippen LogP contribution in [-0.4, -0.2) is 14.9 Å². The highest BCUT2D eigenvalue weighted by molar-refractivity contribution is 6.30. The van der Waals surface area contributed by atoms with Gasteiger partial charge in [-0.05, 0) is 43.4 Å². The Morgan fingerprint density at radius 2 is 2.29 bits per heavy atom. The Labute approximate surface area is 129 Å². The molecule has 0 bridgehead atoms. The molecular weight excluding hydrogens is 288 g/mol. The molecular formula is C16H19ClN2O2. The Balaban J connectivity index is 1.84. The molecule has 1 atom stereocenters. The van der Waals surface area contributed by atoms with E-state index in [0.717, 1.165) is 47.4 Å². The van der Waals surface area contributed by atoms with Crippen molar-refractivity contribution in [3.63, 3.8) is 0 Å². The van der Waals surface area contributed by atoms with E-state index in [0.29, 0.717) is 11.8 Å². The van der Waals surface area contributed by atoms with Crippen molar-refractivity contribution in [1.29, 1.82) is 0 Å². The lowest BCUT2D eigenvalue weighted by atomic mass is 9.89. The van der Waals surface area contributed by atoms with Gasteiger partial charge >= 0.3 is 0 Å². The number of halogens is 1. The van der Waals surface area contributed by atoms with Gasteiger partial charge in [0.2, 0.25) is 0 Å². The van der Waals surface area contributed by atoms with Crippen LogP contribution in [0.1, 0.15) is 41.3 Å². The topological polar surface area (TPSA) is 47.3 Å². The summed E-state index contributed by atoms with van der Waals surface area (Å²) in [6.07, 6.45) is 2.38. The SMILES string of the molecule is Cc1nn(C)c(Cl)c1COc1cccc2c1CCCC2O. The number of benzene rings is 1. The highest BCUT2D eigenvalue weighted by Crippen LogP contribution is 2.35. The number of aryl methyl sites for hydroxylation is 2. The van der Waals surface area contributed by atoms with Crippen LogP contribution in [0.2, 0.25) is 5.15 Å². The predicted octanol–water partition coefficient (Wildman–Crippen LogP) is 3.33. The van der Waals surface area contributed by atoms with Gasteiger partial charge in [0, 0.05) is 12.6 Å². The fourth-order valence-corrected chi connectivity index (χ4v) is 3.14. The maximum Gasteiger partial charge on any atom is 0.133 e. The van der Waals surface area contributed by atoms with E-state index in [1.165, 1.54) is 0 Å². The van der Waals surface area contributed by atoms with Crippen molar-refractivity contribution in [3.05, 3.63) is 45.7 Å². The summed E-state index contributed by atoms with van der Waals surface area (Å²) in [6.45, 7) is 2.32. The number of aliphatic hydroxyl groups excluding tert-OH is 1. The van der Waals surface area contributed by atoms with Gasteiger partial charge in [-0.2, -0.15) is 5.10 Å². The van der Waals surface area contributed by atoms with Crippen LogP contribution in [0, 0.1) is 6.92 Å². The maximum absolute atomic E-state index is 10.1. The molecule has 4 nitrogen and oxygen atoms in total. The standard InChI is InChI=1S/C16H19ClN2O2/c1-10-13(16(17)19(2)18-10)9-21-15-8-4-5-11-12(15)6-3-7-14(11)20/h4-5,8,14,20H,3,6-7,9H2,1-2H3. The minimum Gasteiger partial charge on any atom is -0.488 e. The third-order valence-corrected chi connectivity index (χ3v) is 4.55. The monoisotopic (exact) mass is 306 g/mol. The summed E-state index contributed by atoms with van der Waals surface area (Å²) in [5.41, 5.74) is 3.90. The van der Waals surface area contributed by atoms with Crippen molar-refractivity contribution in [2.75, 3.05) is 0 Å². The second-order valence-corrected chi connectivity index (χ2v) is 5.86. The van der Waals surface area contributed by atoms with Gasteiger partial charge in [0.15, 0.2) is 0 Å². The average molecular weight is 307 g/mol. The molecule has 1 heterocycles. The number of ether oxygens (including phenoxy) is 1. The summed E-state index contributed by atoms with van der Waals surface area (Å²) >= 11 is 6.23. The summed E-state index contributed by atoms with van der Waals surface area (Å²) in [4.78, 5) is 0. The molecule has 1 N–H and O–H groups in total. The number of fused-ring (bicyclic) bond motifs is 1. The van der Waals surface area contributed by atoms with Gasteiger partial charge in [-0.15, -0.1) is 0 Å². The second kappa shape index (κ2) is 5.70. The molecule has 0 spiro atoms. The number of aliphatic hydroxyl groups is 1. The fraction of sp³-hybridized carbons (Fsp3) is 0.438. The van der Waals surface area contributed by atoms with E-state index in [-0.39, 0.29) is 6.10 Å². The normalized spacial score (nSPS) is 17.6. The molecule has 2 aromatic rings. The summed E-state index contributed by atoms with van der Waals surface area (Å²) in [5.74, 6) is 0.838. The van der Waals surface area contributed by atoms with Crippen molar-refractivity contribution < 1.29 is 9.84 Å². The van der Waals surface area contributed by atoms with Crippen molar-refractivity contribution in [1.82, 2.24) is 9.78 Å². The van der Waals surface area contributed by atoms with Crippen LogP contribution < -0.4 is 4.74 Å². The number of nitrogens with zero attached hydrogens (tertiary/aromatic N) is 2. The van der Waals surface area contributed by atoms with Crippen LogP contribution in [0.4, 0.5) is 0 Å². The molecule has 1 aliphatic rings. The Morgan fingerprint density at radius 3 is 3.00 bits per heavy atom. The van der Waals surface area contributed by atoms with Crippen LogP contribution in [-0.2, 0) is 20.1 Å². The Bertz CT molecular complexity index is 667. The quantitative estimate of drug-likeness (QED) is 0.946. The summed E-state index contributed by atoms with van der Waals surface area (Å²) in [7, 11) is 1.82. The highest BCUT2D eigenvalue weighted by atomic mass is 35.5. The molecule has 0 amide bonds. The minimum absolute atomic E-state index is 0.374. The molecule has 3 rings (SSSR count). The van der Waals surface area contributed by atoms with Crippen LogP contribution >= 0.6 is 11.6 Å². The van der Waals surface area contributed by atoms with E-state index in [4.69, 9.17) is 16.3 Å². The van der Waals surface area contributed by atoms with E-state index in [1.54, 1.807) is 4.68 Å². The zero-order valence-electron chi connectivity index (χ0n) is 12.3. The first-order chi connectivity index (χ1) is 10.1. The van der Waals surface area contributed by atoms with Crippen LogP contribution in [0.25, 0.3) is 0 Å². The Morgan fingerprint density at radius 1 is 1.48 bits per heavy atom. The van der Waals surface area contributed by atoms with Gasteiger partial charge in [0.25, 0.3) is 0 Å².